The van der Waals surface area contributed by atoms with E-state index in [1.807, 2.05) is 38.6 Å². The second-order valence-corrected chi connectivity index (χ2v) is 5.18. The third-order valence-corrected chi connectivity index (χ3v) is 2.88. The minimum atomic E-state index is -0.962. The van der Waals surface area contributed by atoms with Crippen LogP contribution in [0, 0.1) is 0 Å². The topological polar surface area (TPSA) is 55.1 Å². The van der Waals surface area contributed by atoms with Gasteiger partial charge in [0, 0.05) is 12.5 Å². The van der Waals surface area contributed by atoms with Crippen molar-refractivity contribution in [2.45, 2.75) is 31.3 Å². The molecule has 5 heteroatoms. The van der Waals surface area contributed by atoms with Gasteiger partial charge in [-0.05, 0) is 6.26 Å². The summed E-state index contributed by atoms with van der Waals surface area (Å²) in [6, 6.07) is 0. The van der Waals surface area contributed by atoms with E-state index < -0.39 is 5.97 Å². The molecule has 0 radical (unpaired) electrons. The summed E-state index contributed by atoms with van der Waals surface area (Å²) in [5, 5.41) is 9.81. The van der Waals surface area contributed by atoms with Crippen molar-refractivity contribution in [3.63, 3.8) is 0 Å². The molecule has 1 aromatic heterocycles. The van der Waals surface area contributed by atoms with E-state index in [1.165, 1.54) is 11.8 Å². The Hall–Kier alpha value is -0.970. The van der Waals surface area contributed by atoms with Crippen molar-refractivity contribution in [2.24, 2.45) is 7.05 Å². The number of carboxylic acid groups (broad SMARTS) is 1. The van der Waals surface area contributed by atoms with E-state index in [2.05, 4.69) is 4.98 Å². The van der Waals surface area contributed by atoms with Gasteiger partial charge in [0.2, 0.25) is 0 Å². The number of hydrogen-bond donors (Lipinski definition) is 1. The van der Waals surface area contributed by atoms with Crippen LogP contribution >= 0.6 is 11.8 Å². The molecule has 4 nitrogen and oxygen atoms in total. The van der Waals surface area contributed by atoms with Gasteiger partial charge < -0.3 is 9.67 Å². The van der Waals surface area contributed by atoms with Crippen molar-refractivity contribution in [1.82, 2.24) is 9.55 Å². The molecule has 0 amide bonds. The molecule has 0 atom stereocenters. The van der Waals surface area contributed by atoms with E-state index in [1.54, 1.807) is 0 Å². The van der Waals surface area contributed by atoms with Crippen LogP contribution in [0.2, 0.25) is 0 Å². The molecule has 0 aliphatic carbocycles. The van der Waals surface area contributed by atoms with Gasteiger partial charge >= 0.3 is 5.97 Å². The van der Waals surface area contributed by atoms with Gasteiger partial charge in [0.15, 0.2) is 10.9 Å². The van der Waals surface area contributed by atoms with Gasteiger partial charge in [0.1, 0.15) is 0 Å². The Morgan fingerprint density at radius 1 is 1.47 bits per heavy atom. The molecule has 0 saturated heterocycles. The molecule has 0 unspecified atom stereocenters. The minimum Gasteiger partial charge on any atom is -0.476 e. The summed E-state index contributed by atoms with van der Waals surface area (Å²) in [4.78, 5) is 15.2. The highest BCUT2D eigenvalue weighted by molar-refractivity contribution is 7.98. The highest BCUT2D eigenvalue weighted by atomic mass is 32.2. The summed E-state index contributed by atoms with van der Waals surface area (Å²) < 4.78 is 1.86. The summed E-state index contributed by atoms with van der Waals surface area (Å²) >= 11 is 1.45. The Bertz CT molecular complexity index is 391. The van der Waals surface area contributed by atoms with Crippen LogP contribution in [0.1, 0.15) is 37.0 Å². The normalized spacial score (nSPS) is 11.8. The Morgan fingerprint density at radius 3 is 2.27 bits per heavy atom. The number of imidazole rings is 1. The first-order chi connectivity index (χ1) is 6.79. The van der Waals surface area contributed by atoms with Crippen LogP contribution < -0.4 is 0 Å². The fourth-order valence-electron chi connectivity index (χ4n) is 1.67. The second kappa shape index (κ2) is 3.89. The number of carboxylic acids is 1. The summed E-state index contributed by atoms with van der Waals surface area (Å²) in [6.45, 7) is 5.96. The Morgan fingerprint density at radius 2 is 2.00 bits per heavy atom. The van der Waals surface area contributed by atoms with Crippen molar-refractivity contribution in [3.05, 3.63) is 11.4 Å². The third kappa shape index (κ3) is 2.17. The molecule has 1 N–H and O–H groups in total. The van der Waals surface area contributed by atoms with Crippen LogP contribution in [-0.4, -0.2) is 26.9 Å². The van der Waals surface area contributed by atoms with Gasteiger partial charge in [0.05, 0.1) is 5.69 Å². The molecule has 0 aliphatic heterocycles. The maximum absolute atomic E-state index is 11.1. The predicted octanol–water partition coefficient (Wildman–Crippen LogP) is 2.14. The van der Waals surface area contributed by atoms with E-state index in [-0.39, 0.29) is 11.1 Å². The molecule has 0 aliphatic rings. The molecule has 15 heavy (non-hydrogen) atoms. The van der Waals surface area contributed by atoms with E-state index in [0.717, 1.165) is 10.9 Å². The van der Waals surface area contributed by atoms with Crippen LogP contribution in [0.3, 0.4) is 0 Å². The largest absolute Gasteiger partial charge is 0.476 e. The molecule has 0 aromatic carbocycles. The molecule has 0 spiro atoms. The number of carbonyl (C=O) groups is 1. The Labute approximate surface area is 93.7 Å². The van der Waals surface area contributed by atoms with Crippen molar-refractivity contribution in [2.75, 3.05) is 6.26 Å². The Kier molecular flexibility index (Phi) is 3.13. The molecular formula is C10H16N2O2S. The van der Waals surface area contributed by atoms with Crippen LogP contribution in [0.4, 0.5) is 0 Å². The molecule has 1 rings (SSSR count). The molecule has 0 saturated carbocycles. The molecule has 84 valence electrons. The molecule has 1 heterocycles. The molecular weight excluding hydrogens is 212 g/mol. The summed E-state index contributed by atoms with van der Waals surface area (Å²) in [6.07, 6.45) is 1.89. The maximum Gasteiger partial charge on any atom is 0.356 e. The van der Waals surface area contributed by atoms with Crippen molar-refractivity contribution < 1.29 is 9.90 Å². The zero-order valence-corrected chi connectivity index (χ0v) is 10.5. The zero-order valence-electron chi connectivity index (χ0n) is 9.66. The first kappa shape index (κ1) is 12.1. The van der Waals surface area contributed by atoms with Gasteiger partial charge in [-0.1, -0.05) is 32.5 Å². The standard InChI is InChI=1S/C10H16N2O2S/c1-10(2,3)7-6(8(13)14)11-9(15-5)12(7)4/h1-5H3,(H,13,14). The van der Waals surface area contributed by atoms with Crippen LogP contribution in [0.5, 0.6) is 0 Å². The molecule has 0 bridgehead atoms. The summed E-state index contributed by atoms with van der Waals surface area (Å²) in [7, 11) is 1.85. The number of aromatic carboxylic acids is 1. The van der Waals surface area contributed by atoms with Gasteiger partial charge in [-0.3, -0.25) is 0 Å². The highest BCUT2D eigenvalue weighted by Gasteiger charge is 2.28. The average molecular weight is 228 g/mol. The van der Waals surface area contributed by atoms with Crippen molar-refractivity contribution in [1.29, 1.82) is 0 Å². The monoisotopic (exact) mass is 228 g/mol. The van der Waals surface area contributed by atoms with Crippen LogP contribution in [0.15, 0.2) is 5.16 Å². The van der Waals surface area contributed by atoms with Gasteiger partial charge in [-0.2, -0.15) is 0 Å². The van der Waals surface area contributed by atoms with Crippen molar-refractivity contribution in [3.8, 4) is 0 Å². The van der Waals surface area contributed by atoms with Crippen LogP contribution in [-0.2, 0) is 12.5 Å². The van der Waals surface area contributed by atoms with E-state index in [4.69, 9.17) is 5.11 Å². The predicted molar refractivity (Wildman–Crippen MR) is 60.6 cm³/mol. The smallest absolute Gasteiger partial charge is 0.356 e. The SMILES string of the molecule is CSc1nc(C(=O)O)c(C(C)(C)C)n1C. The first-order valence-corrected chi connectivity index (χ1v) is 5.86. The lowest BCUT2D eigenvalue weighted by Gasteiger charge is -2.20. The van der Waals surface area contributed by atoms with E-state index >= 15 is 0 Å². The highest BCUT2D eigenvalue weighted by Crippen LogP contribution is 2.29. The lowest BCUT2D eigenvalue weighted by Crippen LogP contribution is -2.20. The lowest BCUT2D eigenvalue weighted by molar-refractivity contribution is 0.0687. The Balaban J connectivity index is 3.46. The zero-order chi connectivity index (χ0) is 11.8. The number of rotatable bonds is 2. The fraction of sp³-hybridized carbons (Fsp3) is 0.600. The van der Waals surface area contributed by atoms with Gasteiger partial charge in [-0.15, -0.1) is 0 Å². The van der Waals surface area contributed by atoms with Gasteiger partial charge in [0.25, 0.3) is 0 Å². The van der Waals surface area contributed by atoms with E-state index in [0.29, 0.717) is 0 Å². The van der Waals surface area contributed by atoms with E-state index in [9.17, 15) is 4.79 Å². The number of hydrogen-bond acceptors (Lipinski definition) is 3. The third-order valence-electron chi connectivity index (χ3n) is 2.15. The van der Waals surface area contributed by atoms with Gasteiger partial charge in [-0.25, -0.2) is 9.78 Å². The minimum absolute atomic E-state index is 0.161. The number of aromatic nitrogens is 2. The average Bonchev–Trinajstić information content (AvgIpc) is 2.41. The summed E-state index contributed by atoms with van der Waals surface area (Å²) in [5.41, 5.74) is 0.706. The summed E-state index contributed by atoms with van der Waals surface area (Å²) in [5.74, 6) is -0.962. The van der Waals surface area contributed by atoms with Crippen LogP contribution in [0.25, 0.3) is 0 Å². The number of nitrogens with zero attached hydrogens (tertiary/aromatic N) is 2. The first-order valence-electron chi connectivity index (χ1n) is 4.63. The quantitative estimate of drug-likeness (QED) is 0.788. The maximum atomic E-state index is 11.1. The lowest BCUT2D eigenvalue weighted by atomic mass is 9.90. The van der Waals surface area contributed by atoms with Crippen molar-refractivity contribution >= 4 is 17.7 Å². The second-order valence-electron chi connectivity index (χ2n) is 4.41. The fourth-order valence-corrected chi connectivity index (χ4v) is 2.22. The number of thioether (sulfide) groups is 1. The molecule has 0 fully saturated rings. The molecule has 1 aromatic rings.